The van der Waals surface area contributed by atoms with Crippen LogP contribution in [0.4, 0.5) is 0 Å². The molecule has 1 aromatic rings. The van der Waals surface area contributed by atoms with Crippen molar-refractivity contribution in [1.29, 1.82) is 0 Å². The van der Waals surface area contributed by atoms with Gasteiger partial charge in [-0.2, -0.15) is 11.8 Å². The van der Waals surface area contributed by atoms with Crippen molar-refractivity contribution < 1.29 is 4.74 Å². The summed E-state index contributed by atoms with van der Waals surface area (Å²) in [6.07, 6.45) is 0. The highest BCUT2D eigenvalue weighted by atomic mass is 79.9. The fraction of sp³-hybridized carbons (Fsp3) is 0.538. The van der Waals surface area contributed by atoms with Gasteiger partial charge in [-0.05, 0) is 30.9 Å². The molecule has 17 heavy (non-hydrogen) atoms. The van der Waals surface area contributed by atoms with Crippen LogP contribution in [0.15, 0.2) is 22.7 Å². The maximum absolute atomic E-state index is 5.35. The number of halogens is 1. The van der Waals surface area contributed by atoms with Gasteiger partial charge in [0.1, 0.15) is 5.75 Å². The number of nitrogens with one attached hydrogen (secondary N) is 1. The van der Waals surface area contributed by atoms with Crippen LogP contribution in [0.2, 0.25) is 0 Å². The van der Waals surface area contributed by atoms with Gasteiger partial charge in [-0.3, -0.25) is 0 Å². The third kappa shape index (κ3) is 5.32. The van der Waals surface area contributed by atoms with Crippen molar-refractivity contribution in [2.75, 3.05) is 18.6 Å². The highest BCUT2D eigenvalue weighted by Gasteiger charge is 2.06. The van der Waals surface area contributed by atoms with Gasteiger partial charge in [-0.15, -0.1) is 0 Å². The fourth-order valence-corrected chi connectivity index (χ4v) is 2.64. The molecule has 0 saturated carbocycles. The minimum Gasteiger partial charge on any atom is -0.496 e. The van der Waals surface area contributed by atoms with Gasteiger partial charge in [-0.25, -0.2) is 0 Å². The third-order valence-electron chi connectivity index (χ3n) is 2.46. The van der Waals surface area contributed by atoms with E-state index in [1.54, 1.807) is 7.11 Å². The molecule has 0 bridgehead atoms. The summed E-state index contributed by atoms with van der Waals surface area (Å²) in [5.74, 6) is 3.26. The van der Waals surface area contributed by atoms with Crippen LogP contribution in [0.3, 0.4) is 0 Å². The topological polar surface area (TPSA) is 21.3 Å². The van der Waals surface area contributed by atoms with Gasteiger partial charge in [0.05, 0.1) is 7.11 Å². The molecule has 0 saturated heterocycles. The van der Waals surface area contributed by atoms with Gasteiger partial charge in [0, 0.05) is 28.4 Å². The number of thioether (sulfide) groups is 1. The molecular weight excluding hydrogens is 298 g/mol. The van der Waals surface area contributed by atoms with Gasteiger partial charge in [0.25, 0.3) is 0 Å². The lowest BCUT2D eigenvalue weighted by Gasteiger charge is -2.15. The number of benzene rings is 1. The second-order valence-corrected chi connectivity index (χ2v) is 6.13. The second kappa shape index (κ2) is 8.01. The first kappa shape index (κ1) is 14.9. The molecule has 0 aliphatic carbocycles. The number of hydrogen-bond donors (Lipinski definition) is 1. The summed E-state index contributed by atoms with van der Waals surface area (Å²) in [5.41, 5.74) is 1.19. The highest BCUT2D eigenvalue weighted by molar-refractivity contribution is 9.10. The van der Waals surface area contributed by atoms with E-state index in [0.717, 1.165) is 22.5 Å². The minimum atomic E-state index is 0.517. The lowest BCUT2D eigenvalue weighted by molar-refractivity contribution is 0.406. The number of ether oxygens (including phenoxy) is 1. The lowest BCUT2D eigenvalue weighted by Crippen LogP contribution is -2.27. The van der Waals surface area contributed by atoms with E-state index >= 15 is 0 Å². The van der Waals surface area contributed by atoms with E-state index < -0.39 is 0 Å². The summed E-state index contributed by atoms with van der Waals surface area (Å²) in [5, 5.41) is 3.51. The normalized spacial score (nSPS) is 12.5. The van der Waals surface area contributed by atoms with Crippen LogP contribution < -0.4 is 10.1 Å². The molecule has 1 atom stereocenters. The van der Waals surface area contributed by atoms with E-state index in [-0.39, 0.29) is 0 Å². The Balaban J connectivity index is 2.52. The van der Waals surface area contributed by atoms with Crippen molar-refractivity contribution in [1.82, 2.24) is 5.32 Å². The Morgan fingerprint density at radius 1 is 1.47 bits per heavy atom. The lowest BCUT2D eigenvalue weighted by atomic mass is 10.2. The van der Waals surface area contributed by atoms with Crippen LogP contribution in [0.25, 0.3) is 0 Å². The Kier molecular flexibility index (Phi) is 7.00. The van der Waals surface area contributed by atoms with Crippen molar-refractivity contribution in [3.8, 4) is 5.75 Å². The van der Waals surface area contributed by atoms with Gasteiger partial charge >= 0.3 is 0 Å². The summed E-state index contributed by atoms with van der Waals surface area (Å²) in [4.78, 5) is 0. The molecule has 2 nitrogen and oxygen atoms in total. The molecule has 0 aliphatic rings. The first-order valence-corrected chi connectivity index (χ1v) is 7.75. The molecule has 0 radical (unpaired) electrons. The zero-order valence-electron chi connectivity index (χ0n) is 10.6. The fourth-order valence-electron chi connectivity index (χ4n) is 1.52. The Labute approximate surface area is 117 Å². The monoisotopic (exact) mass is 317 g/mol. The molecule has 0 heterocycles. The van der Waals surface area contributed by atoms with Gasteiger partial charge in [-0.1, -0.05) is 22.9 Å². The van der Waals surface area contributed by atoms with Crippen molar-refractivity contribution in [2.24, 2.45) is 0 Å². The number of hydrogen-bond acceptors (Lipinski definition) is 3. The summed E-state index contributed by atoms with van der Waals surface area (Å²) in [6.45, 7) is 5.25. The van der Waals surface area contributed by atoms with Gasteiger partial charge in [0.2, 0.25) is 0 Å². The number of rotatable bonds is 7. The van der Waals surface area contributed by atoms with Crippen molar-refractivity contribution in [2.45, 2.75) is 26.4 Å². The maximum atomic E-state index is 5.35. The van der Waals surface area contributed by atoms with E-state index in [2.05, 4.69) is 41.2 Å². The molecule has 1 unspecified atom stereocenters. The van der Waals surface area contributed by atoms with Crippen molar-refractivity contribution in [3.05, 3.63) is 28.2 Å². The first-order valence-electron chi connectivity index (χ1n) is 5.81. The molecule has 0 aliphatic heterocycles. The quantitative estimate of drug-likeness (QED) is 0.828. The van der Waals surface area contributed by atoms with Crippen LogP contribution in [0.1, 0.15) is 19.4 Å². The van der Waals surface area contributed by atoms with Crippen LogP contribution in [-0.2, 0) is 6.54 Å². The van der Waals surface area contributed by atoms with Crippen molar-refractivity contribution in [3.63, 3.8) is 0 Å². The predicted octanol–water partition coefficient (Wildman–Crippen LogP) is 3.69. The molecule has 0 amide bonds. The van der Waals surface area contributed by atoms with Gasteiger partial charge in [0.15, 0.2) is 0 Å². The third-order valence-corrected chi connectivity index (χ3v) is 4.09. The standard InChI is InChI=1S/C13H20BrNOS/c1-4-17-9-10(2)15-8-11-7-12(14)5-6-13(11)16-3/h5-7,10,15H,4,8-9H2,1-3H3. The summed E-state index contributed by atoms with van der Waals surface area (Å²) >= 11 is 5.45. The van der Waals surface area contributed by atoms with Crippen LogP contribution in [0, 0.1) is 0 Å². The Hall–Kier alpha value is -0.190. The van der Waals surface area contributed by atoms with Gasteiger partial charge < -0.3 is 10.1 Å². The summed E-state index contributed by atoms with van der Waals surface area (Å²) < 4.78 is 6.44. The van der Waals surface area contributed by atoms with Crippen LogP contribution in [-0.4, -0.2) is 24.7 Å². The SMILES string of the molecule is CCSCC(C)NCc1cc(Br)ccc1OC. The molecule has 0 spiro atoms. The second-order valence-electron chi connectivity index (χ2n) is 3.90. The van der Waals surface area contributed by atoms with E-state index in [1.807, 2.05) is 23.9 Å². The van der Waals surface area contributed by atoms with E-state index in [1.165, 1.54) is 11.3 Å². The molecule has 0 aromatic heterocycles. The van der Waals surface area contributed by atoms with E-state index in [0.29, 0.717) is 6.04 Å². The molecule has 1 aromatic carbocycles. The first-order chi connectivity index (χ1) is 8.17. The highest BCUT2D eigenvalue weighted by Crippen LogP contribution is 2.22. The predicted molar refractivity (Wildman–Crippen MR) is 80.0 cm³/mol. The Bertz CT molecular complexity index is 346. The Morgan fingerprint density at radius 3 is 2.88 bits per heavy atom. The molecule has 1 N–H and O–H groups in total. The smallest absolute Gasteiger partial charge is 0.123 e. The van der Waals surface area contributed by atoms with E-state index in [4.69, 9.17) is 4.74 Å². The molecular formula is C13H20BrNOS. The molecule has 4 heteroatoms. The maximum Gasteiger partial charge on any atom is 0.123 e. The molecule has 1 rings (SSSR count). The van der Waals surface area contributed by atoms with Crippen LogP contribution >= 0.6 is 27.7 Å². The largest absolute Gasteiger partial charge is 0.496 e. The zero-order valence-corrected chi connectivity index (χ0v) is 13.0. The Morgan fingerprint density at radius 2 is 2.24 bits per heavy atom. The summed E-state index contributed by atoms with van der Waals surface area (Å²) in [6, 6.07) is 6.61. The average Bonchev–Trinajstić information content (AvgIpc) is 2.34. The summed E-state index contributed by atoms with van der Waals surface area (Å²) in [7, 11) is 1.71. The van der Waals surface area contributed by atoms with Crippen LogP contribution in [0.5, 0.6) is 5.75 Å². The number of methoxy groups -OCH3 is 1. The molecule has 96 valence electrons. The minimum absolute atomic E-state index is 0.517. The zero-order chi connectivity index (χ0) is 12.7. The van der Waals surface area contributed by atoms with E-state index in [9.17, 15) is 0 Å². The molecule has 0 fully saturated rings. The van der Waals surface area contributed by atoms with Crippen molar-refractivity contribution >= 4 is 27.7 Å². The average molecular weight is 318 g/mol.